The number of nitrogens with zero attached hydrogens (tertiary/aromatic N) is 2. The van der Waals surface area contributed by atoms with E-state index in [-0.39, 0.29) is 6.61 Å². The van der Waals surface area contributed by atoms with E-state index in [0.717, 1.165) is 5.56 Å². The Labute approximate surface area is 121 Å². The predicted octanol–water partition coefficient (Wildman–Crippen LogP) is 3.31. The lowest BCUT2D eigenvalue weighted by atomic mass is 10.3. The van der Waals surface area contributed by atoms with Crippen molar-refractivity contribution in [2.24, 2.45) is 0 Å². The molecule has 0 saturated heterocycles. The Balaban J connectivity index is 1.68. The Morgan fingerprint density at radius 1 is 1.10 bits per heavy atom. The van der Waals surface area contributed by atoms with Gasteiger partial charge in [-0.05, 0) is 25.1 Å². The van der Waals surface area contributed by atoms with Crippen LogP contribution in [-0.2, 0) is 6.61 Å². The molecular weight excluding hydrogens is 272 g/mol. The third-order valence-corrected chi connectivity index (χ3v) is 2.75. The lowest BCUT2D eigenvalue weighted by molar-refractivity contribution is 0.228. The van der Waals surface area contributed by atoms with Gasteiger partial charge < -0.3 is 18.4 Å². The van der Waals surface area contributed by atoms with Gasteiger partial charge in [0.1, 0.15) is 6.26 Å². The predicted molar refractivity (Wildman–Crippen MR) is 73.9 cm³/mol. The van der Waals surface area contributed by atoms with E-state index in [1.54, 1.807) is 18.6 Å². The molecule has 0 spiro atoms. The summed E-state index contributed by atoms with van der Waals surface area (Å²) in [4.78, 5) is 4.24. The Morgan fingerprint density at radius 2 is 1.90 bits per heavy atom. The van der Waals surface area contributed by atoms with Gasteiger partial charge in [-0.2, -0.15) is 4.98 Å². The molecule has 108 valence electrons. The maximum atomic E-state index is 5.66. The van der Waals surface area contributed by atoms with E-state index in [1.807, 2.05) is 31.2 Å². The number of hydrogen-bond acceptors (Lipinski definition) is 6. The summed E-state index contributed by atoms with van der Waals surface area (Å²) in [6.45, 7) is 2.67. The third-order valence-electron chi connectivity index (χ3n) is 2.75. The zero-order valence-corrected chi connectivity index (χ0v) is 11.5. The SMILES string of the molecule is CCOc1ccccc1OCc1nc(-c2ccoc2)no1. The van der Waals surface area contributed by atoms with Crippen molar-refractivity contribution in [1.29, 1.82) is 0 Å². The molecule has 0 bridgehead atoms. The van der Waals surface area contributed by atoms with Crippen molar-refractivity contribution in [3.05, 3.63) is 48.7 Å². The number of aromatic nitrogens is 2. The fraction of sp³-hybridized carbons (Fsp3) is 0.200. The Kier molecular flexibility index (Phi) is 3.86. The lowest BCUT2D eigenvalue weighted by Crippen LogP contribution is -1.99. The monoisotopic (exact) mass is 286 g/mol. The molecule has 2 heterocycles. The van der Waals surface area contributed by atoms with Gasteiger partial charge in [0.05, 0.1) is 18.4 Å². The second kappa shape index (κ2) is 6.13. The minimum atomic E-state index is 0.176. The first-order valence-electron chi connectivity index (χ1n) is 6.56. The Bertz CT molecular complexity index is 691. The molecule has 6 nitrogen and oxygen atoms in total. The molecule has 3 rings (SSSR count). The van der Waals surface area contributed by atoms with Gasteiger partial charge in [-0.15, -0.1) is 0 Å². The highest BCUT2D eigenvalue weighted by molar-refractivity contribution is 5.51. The second-order valence-corrected chi connectivity index (χ2v) is 4.19. The van der Waals surface area contributed by atoms with Gasteiger partial charge in [0.25, 0.3) is 5.89 Å². The summed E-state index contributed by atoms with van der Waals surface area (Å²) in [5.41, 5.74) is 0.764. The fourth-order valence-corrected chi connectivity index (χ4v) is 1.81. The average molecular weight is 286 g/mol. The summed E-state index contributed by atoms with van der Waals surface area (Å²) in [6.07, 6.45) is 3.11. The van der Waals surface area contributed by atoms with Crippen LogP contribution in [0.3, 0.4) is 0 Å². The van der Waals surface area contributed by atoms with Crippen molar-refractivity contribution in [3.63, 3.8) is 0 Å². The molecule has 0 amide bonds. The molecule has 6 heteroatoms. The van der Waals surface area contributed by atoms with Crippen LogP contribution in [0, 0.1) is 0 Å². The first kappa shape index (κ1) is 13.2. The van der Waals surface area contributed by atoms with Crippen LogP contribution < -0.4 is 9.47 Å². The smallest absolute Gasteiger partial charge is 0.264 e. The second-order valence-electron chi connectivity index (χ2n) is 4.19. The highest BCUT2D eigenvalue weighted by atomic mass is 16.5. The topological polar surface area (TPSA) is 70.5 Å². The molecule has 0 saturated carbocycles. The fourth-order valence-electron chi connectivity index (χ4n) is 1.81. The van der Waals surface area contributed by atoms with Gasteiger partial charge in [-0.25, -0.2) is 0 Å². The van der Waals surface area contributed by atoms with E-state index in [9.17, 15) is 0 Å². The molecule has 0 aliphatic carbocycles. The quantitative estimate of drug-likeness (QED) is 0.692. The Hall–Kier alpha value is -2.76. The van der Waals surface area contributed by atoms with Crippen molar-refractivity contribution >= 4 is 0 Å². The molecule has 2 aromatic heterocycles. The number of ether oxygens (including phenoxy) is 2. The summed E-state index contributed by atoms with van der Waals surface area (Å²) in [6, 6.07) is 9.21. The summed E-state index contributed by atoms with van der Waals surface area (Å²) in [7, 11) is 0. The summed E-state index contributed by atoms with van der Waals surface area (Å²) >= 11 is 0. The van der Waals surface area contributed by atoms with Crippen LogP contribution in [0.2, 0.25) is 0 Å². The molecule has 0 N–H and O–H groups in total. The normalized spacial score (nSPS) is 10.5. The largest absolute Gasteiger partial charge is 0.490 e. The van der Waals surface area contributed by atoms with Crippen molar-refractivity contribution in [1.82, 2.24) is 10.1 Å². The van der Waals surface area contributed by atoms with Gasteiger partial charge in [-0.3, -0.25) is 0 Å². The van der Waals surface area contributed by atoms with Crippen LogP contribution >= 0.6 is 0 Å². The Morgan fingerprint density at radius 3 is 2.62 bits per heavy atom. The van der Waals surface area contributed by atoms with E-state index in [1.165, 1.54) is 0 Å². The van der Waals surface area contributed by atoms with Crippen molar-refractivity contribution in [2.75, 3.05) is 6.61 Å². The molecule has 0 fully saturated rings. The van der Waals surface area contributed by atoms with Gasteiger partial charge in [-0.1, -0.05) is 17.3 Å². The van der Waals surface area contributed by atoms with Crippen molar-refractivity contribution in [2.45, 2.75) is 13.5 Å². The molecule has 0 aliphatic heterocycles. The summed E-state index contributed by atoms with van der Waals surface area (Å²) in [5.74, 6) is 2.19. The molecule has 0 unspecified atom stereocenters. The van der Waals surface area contributed by atoms with Crippen LogP contribution in [-0.4, -0.2) is 16.7 Å². The molecule has 1 aromatic carbocycles. The molecule has 21 heavy (non-hydrogen) atoms. The van der Waals surface area contributed by atoms with E-state index in [0.29, 0.717) is 29.8 Å². The highest BCUT2D eigenvalue weighted by Gasteiger charge is 2.11. The number of furan rings is 1. The van der Waals surface area contributed by atoms with Gasteiger partial charge >= 0.3 is 0 Å². The highest BCUT2D eigenvalue weighted by Crippen LogP contribution is 2.27. The summed E-state index contributed by atoms with van der Waals surface area (Å²) in [5, 5.41) is 3.87. The van der Waals surface area contributed by atoms with Gasteiger partial charge in [0.2, 0.25) is 5.82 Å². The van der Waals surface area contributed by atoms with E-state index >= 15 is 0 Å². The maximum Gasteiger partial charge on any atom is 0.264 e. The molecule has 3 aromatic rings. The third kappa shape index (κ3) is 3.05. The van der Waals surface area contributed by atoms with Gasteiger partial charge in [0.15, 0.2) is 18.1 Å². The van der Waals surface area contributed by atoms with Crippen LogP contribution in [0.4, 0.5) is 0 Å². The van der Waals surface area contributed by atoms with Crippen LogP contribution in [0.5, 0.6) is 11.5 Å². The van der Waals surface area contributed by atoms with Crippen molar-refractivity contribution < 1.29 is 18.4 Å². The number of benzene rings is 1. The zero-order chi connectivity index (χ0) is 14.5. The minimum absolute atomic E-state index is 0.176. The summed E-state index contributed by atoms with van der Waals surface area (Å²) < 4.78 is 21.3. The van der Waals surface area contributed by atoms with Crippen LogP contribution in [0.1, 0.15) is 12.8 Å². The molecular formula is C15H14N2O4. The van der Waals surface area contributed by atoms with E-state index in [4.69, 9.17) is 18.4 Å². The average Bonchev–Trinajstić information content (AvgIpc) is 3.18. The molecule has 0 radical (unpaired) electrons. The number of para-hydroxylation sites is 2. The minimum Gasteiger partial charge on any atom is -0.490 e. The van der Waals surface area contributed by atoms with Crippen LogP contribution in [0.15, 0.2) is 51.8 Å². The number of hydrogen-bond donors (Lipinski definition) is 0. The van der Waals surface area contributed by atoms with E-state index in [2.05, 4.69) is 10.1 Å². The van der Waals surface area contributed by atoms with E-state index < -0.39 is 0 Å². The first-order chi connectivity index (χ1) is 10.4. The van der Waals surface area contributed by atoms with Crippen molar-refractivity contribution in [3.8, 4) is 22.9 Å². The van der Waals surface area contributed by atoms with Gasteiger partial charge in [0, 0.05) is 0 Å². The first-order valence-corrected chi connectivity index (χ1v) is 6.56. The van der Waals surface area contributed by atoms with Crippen LogP contribution in [0.25, 0.3) is 11.4 Å². The zero-order valence-electron chi connectivity index (χ0n) is 11.5. The maximum absolute atomic E-state index is 5.66. The molecule has 0 atom stereocenters. The lowest BCUT2D eigenvalue weighted by Gasteiger charge is -2.09. The number of rotatable bonds is 6. The standard InChI is InChI=1S/C15H14N2O4/c1-2-19-12-5-3-4-6-13(12)20-10-14-16-15(17-21-14)11-7-8-18-9-11/h3-9H,2,10H2,1H3. The molecule has 0 aliphatic rings.